The molecule has 0 unspecified atom stereocenters. The van der Waals surface area contributed by atoms with E-state index in [-0.39, 0.29) is 28.7 Å². The first-order chi connectivity index (χ1) is 19.2. The van der Waals surface area contributed by atoms with Gasteiger partial charge in [-0.05, 0) is 69.0 Å². The van der Waals surface area contributed by atoms with E-state index in [2.05, 4.69) is 14.9 Å². The Balaban J connectivity index is 1.29. The van der Waals surface area contributed by atoms with Crippen LogP contribution in [0.1, 0.15) is 48.5 Å². The summed E-state index contributed by atoms with van der Waals surface area (Å²) in [6, 6.07) is 17.5. The van der Waals surface area contributed by atoms with Crippen LogP contribution in [0.2, 0.25) is 0 Å². The molecule has 0 saturated carbocycles. The quantitative estimate of drug-likeness (QED) is 0.445. The van der Waals surface area contributed by atoms with Crippen LogP contribution in [0.25, 0.3) is 10.8 Å². The third-order valence-corrected chi connectivity index (χ3v) is 9.73. The average molecular weight is 563 g/mol. The summed E-state index contributed by atoms with van der Waals surface area (Å²) in [7, 11) is -3.86. The number of nitrogens with one attached hydrogen (secondary N) is 2. The van der Waals surface area contributed by atoms with Crippen molar-refractivity contribution in [3.63, 3.8) is 0 Å². The van der Waals surface area contributed by atoms with E-state index in [4.69, 9.17) is 0 Å². The lowest BCUT2D eigenvalue weighted by Gasteiger charge is -2.38. The molecule has 8 nitrogen and oxygen atoms in total. The summed E-state index contributed by atoms with van der Waals surface area (Å²) in [5.41, 5.74) is 1.98. The summed E-state index contributed by atoms with van der Waals surface area (Å²) < 4.78 is 30.2. The molecule has 2 saturated heterocycles. The maximum absolute atomic E-state index is 13.7. The van der Waals surface area contributed by atoms with E-state index in [1.165, 1.54) is 6.42 Å². The van der Waals surface area contributed by atoms with Crippen molar-refractivity contribution < 1.29 is 18.0 Å². The fourth-order valence-corrected chi connectivity index (χ4v) is 7.44. The molecule has 2 aliphatic rings. The summed E-state index contributed by atoms with van der Waals surface area (Å²) in [4.78, 5) is 30.2. The molecule has 3 aromatic carbocycles. The Labute approximate surface area is 236 Å². The van der Waals surface area contributed by atoms with Gasteiger partial charge in [0.1, 0.15) is 0 Å². The number of likely N-dealkylation sites (tertiary alicyclic amines) is 2. The van der Waals surface area contributed by atoms with Crippen molar-refractivity contribution in [3.05, 3.63) is 71.8 Å². The average Bonchev–Trinajstić information content (AvgIpc) is 2.95. The summed E-state index contributed by atoms with van der Waals surface area (Å²) in [6.07, 6.45) is 4.08. The summed E-state index contributed by atoms with van der Waals surface area (Å²) in [5.74, 6) is -0.135. The minimum atomic E-state index is -3.86. The van der Waals surface area contributed by atoms with Gasteiger partial charge in [0.05, 0.1) is 11.4 Å². The number of fused-ring (bicyclic) bond motifs is 1. The van der Waals surface area contributed by atoms with Crippen LogP contribution in [0.5, 0.6) is 0 Å². The van der Waals surface area contributed by atoms with Crippen molar-refractivity contribution >= 4 is 38.3 Å². The van der Waals surface area contributed by atoms with Crippen LogP contribution >= 0.6 is 0 Å². The van der Waals surface area contributed by atoms with E-state index < -0.39 is 10.0 Å². The van der Waals surface area contributed by atoms with E-state index in [9.17, 15) is 18.0 Å². The van der Waals surface area contributed by atoms with Crippen LogP contribution in [0.4, 0.5) is 5.69 Å². The van der Waals surface area contributed by atoms with Gasteiger partial charge in [-0.1, -0.05) is 55.8 Å². The number of rotatable bonds is 7. The first-order valence-corrected chi connectivity index (χ1v) is 15.6. The van der Waals surface area contributed by atoms with E-state index in [0.29, 0.717) is 48.1 Å². The molecule has 0 radical (unpaired) electrons. The second-order valence-electron chi connectivity index (χ2n) is 11.1. The number of amides is 2. The molecule has 9 heteroatoms. The number of hydrogen-bond acceptors (Lipinski definition) is 5. The third kappa shape index (κ3) is 6.22. The number of anilines is 1. The zero-order valence-electron chi connectivity index (χ0n) is 23.2. The number of sulfonamides is 1. The predicted molar refractivity (Wildman–Crippen MR) is 158 cm³/mol. The van der Waals surface area contributed by atoms with Crippen LogP contribution in [-0.2, 0) is 14.8 Å². The Morgan fingerprint density at radius 3 is 2.33 bits per heavy atom. The van der Waals surface area contributed by atoms with E-state index in [1.54, 1.807) is 30.3 Å². The van der Waals surface area contributed by atoms with Crippen molar-refractivity contribution in [3.8, 4) is 0 Å². The van der Waals surface area contributed by atoms with Crippen LogP contribution in [-0.4, -0.2) is 68.8 Å². The fraction of sp³-hybridized carbons (Fsp3) is 0.419. The van der Waals surface area contributed by atoms with Crippen molar-refractivity contribution in [2.45, 2.75) is 50.5 Å². The zero-order valence-corrected chi connectivity index (χ0v) is 24.0. The highest BCUT2D eigenvalue weighted by Crippen LogP contribution is 2.31. The molecule has 2 heterocycles. The van der Waals surface area contributed by atoms with E-state index >= 15 is 0 Å². The van der Waals surface area contributed by atoms with E-state index in [1.807, 2.05) is 49.1 Å². The zero-order chi connectivity index (χ0) is 28.3. The lowest BCUT2D eigenvalue weighted by Crippen LogP contribution is -2.53. The molecule has 0 spiro atoms. The number of nitrogens with zero attached hydrogens (tertiary/aromatic N) is 2. The number of carbonyl (C=O) groups excluding carboxylic acids is 2. The van der Waals surface area contributed by atoms with Crippen LogP contribution in [0.15, 0.2) is 65.6 Å². The molecule has 40 heavy (non-hydrogen) atoms. The van der Waals surface area contributed by atoms with Crippen LogP contribution < -0.4 is 10.0 Å². The molecule has 0 aliphatic carbocycles. The van der Waals surface area contributed by atoms with Crippen LogP contribution in [0.3, 0.4) is 0 Å². The summed E-state index contributed by atoms with van der Waals surface area (Å²) in [5, 5.41) is 4.15. The Hall–Kier alpha value is -3.27. The van der Waals surface area contributed by atoms with Crippen molar-refractivity contribution in [1.82, 2.24) is 14.5 Å². The first-order valence-electron chi connectivity index (χ1n) is 14.1. The minimum Gasteiger partial charge on any atom is -0.341 e. The number of carbonyl (C=O) groups is 2. The van der Waals surface area contributed by atoms with Gasteiger partial charge in [0.25, 0.3) is 5.91 Å². The smallest absolute Gasteiger partial charge is 0.255 e. The van der Waals surface area contributed by atoms with Gasteiger partial charge in [-0.3, -0.25) is 14.5 Å². The van der Waals surface area contributed by atoms with Gasteiger partial charge in [-0.2, -0.15) is 0 Å². The highest BCUT2D eigenvalue weighted by molar-refractivity contribution is 7.89. The second-order valence-corrected chi connectivity index (χ2v) is 12.8. The summed E-state index contributed by atoms with van der Waals surface area (Å²) in [6.45, 7) is 7.33. The Morgan fingerprint density at radius 2 is 1.60 bits per heavy atom. The van der Waals surface area contributed by atoms with Crippen molar-refractivity contribution in [2.75, 3.05) is 38.0 Å². The number of benzene rings is 3. The number of aryl methyl sites for hydroxylation is 1. The van der Waals surface area contributed by atoms with Gasteiger partial charge in [0.2, 0.25) is 15.9 Å². The molecule has 0 aromatic heterocycles. The molecule has 2 fully saturated rings. The van der Waals surface area contributed by atoms with Gasteiger partial charge in [0, 0.05) is 41.2 Å². The third-order valence-electron chi connectivity index (χ3n) is 8.18. The fourth-order valence-electron chi connectivity index (χ4n) is 5.85. The normalized spacial score (nSPS) is 20.4. The highest BCUT2D eigenvalue weighted by atomic mass is 32.2. The Kier molecular flexibility index (Phi) is 8.54. The lowest BCUT2D eigenvalue weighted by atomic mass is 9.95. The molecule has 2 atom stereocenters. The predicted octanol–water partition coefficient (Wildman–Crippen LogP) is 4.40. The van der Waals surface area contributed by atoms with Crippen LogP contribution in [0, 0.1) is 12.8 Å². The van der Waals surface area contributed by atoms with Gasteiger partial charge in [-0.15, -0.1) is 0 Å². The molecular formula is C31H38N4O4S. The number of hydrogen-bond donors (Lipinski definition) is 2. The molecule has 2 amide bonds. The van der Waals surface area contributed by atoms with E-state index in [0.717, 1.165) is 31.5 Å². The summed E-state index contributed by atoms with van der Waals surface area (Å²) >= 11 is 0. The molecule has 212 valence electrons. The molecule has 2 N–H and O–H groups in total. The molecule has 3 aromatic rings. The topological polar surface area (TPSA) is 98.8 Å². The maximum Gasteiger partial charge on any atom is 0.255 e. The Morgan fingerprint density at radius 1 is 0.900 bits per heavy atom. The minimum absolute atomic E-state index is 0.0206. The number of piperidine rings is 2. The Bertz CT molecular complexity index is 1500. The monoisotopic (exact) mass is 562 g/mol. The molecule has 2 aliphatic heterocycles. The lowest BCUT2D eigenvalue weighted by molar-refractivity contribution is -0.134. The molecule has 5 rings (SSSR count). The van der Waals surface area contributed by atoms with Gasteiger partial charge >= 0.3 is 0 Å². The van der Waals surface area contributed by atoms with Gasteiger partial charge in [-0.25, -0.2) is 13.1 Å². The van der Waals surface area contributed by atoms with Crippen molar-refractivity contribution in [1.29, 1.82) is 0 Å². The molecule has 0 bridgehead atoms. The highest BCUT2D eigenvalue weighted by Gasteiger charge is 2.33. The van der Waals surface area contributed by atoms with Gasteiger partial charge in [0.15, 0.2) is 0 Å². The SMILES string of the molecule is Cc1ccccc1C(=O)Nc1ccc(S(=O)(=O)N[C@@H]2CCN(C(=O)CN3CCCCC3)C[C@@H]2C)c2ccccc12. The standard InChI is InChI=1S/C31H38N4O4S/c1-22-10-4-5-11-24(22)31(37)32-28-14-15-29(26-13-7-6-12-25(26)28)40(38,39)33-27-16-19-35(20-23(27)2)30(36)21-34-17-8-3-9-18-34/h4-7,10-15,23,27,33H,3,8-9,16-21H2,1-2H3,(H,32,37)/t23-,27+/m0/s1. The second kappa shape index (κ2) is 12.1. The largest absolute Gasteiger partial charge is 0.341 e. The van der Waals surface area contributed by atoms with Crippen molar-refractivity contribution in [2.24, 2.45) is 5.92 Å². The maximum atomic E-state index is 13.7. The first kappa shape index (κ1) is 28.3. The molecular weight excluding hydrogens is 524 g/mol. The van der Waals surface area contributed by atoms with Gasteiger partial charge < -0.3 is 10.2 Å².